The van der Waals surface area contributed by atoms with E-state index in [0.717, 1.165) is 4.31 Å². The molecule has 0 bridgehead atoms. The summed E-state index contributed by atoms with van der Waals surface area (Å²) in [5.41, 5.74) is -1.05. The van der Waals surface area contributed by atoms with Crippen LogP contribution in [0.3, 0.4) is 0 Å². The van der Waals surface area contributed by atoms with Crippen LogP contribution in [-0.4, -0.2) is 59.1 Å². The molecular weight excluding hydrogens is 312 g/mol. The van der Waals surface area contributed by atoms with Crippen LogP contribution in [0.25, 0.3) is 0 Å². The van der Waals surface area contributed by atoms with Crippen molar-refractivity contribution in [3.05, 3.63) is 11.9 Å². The van der Waals surface area contributed by atoms with Gasteiger partial charge in [-0.05, 0) is 6.92 Å². The molecule has 3 heterocycles. The topological polar surface area (TPSA) is 122 Å². The second kappa shape index (κ2) is 4.53. The first kappa shape index (κ1) is 15.0. The maximum atomic E-state index is 12.7. The lowest BCUT2D eigenvalue weighted by Gasteiger charge is -2.21. The molecule has 1 aromatic heterocycles. The zero-order valence-corrected chi connectivity index (χ0v) is 12.9. The van der Waals surface area contributed by atoms with Crippen LogP contribution in [0.15, 0.2) is 11.1 Å². The number of aryl methyl sites for hydroxylation is 2. The molecule has 10 heteroatoms. The maximum absolute atomic E-state index is 12.7. The molecule has 2 N–H and O–H groups in total. The number of carboxylic acid groups (broad SMARTS) is 1. The van der Waals surface area contributed by atoms with E-state index in [1.165, 1.54) is 10.9 Å². The van der Waals surface area contributed by atoms with Crippen molar-refractivity contribution < 1.29 is 23.1 Å². The van der Waals surface area contributed by atoms with Crippen LogP contribution in [0.4, 0.5) is 0 Å². The number of carboxylic acids is 1. The molecule has 9 nitrogen and oxygen atoms in total. The molecule has 0 aromatic carbocycles. The molecule has 0 aliphatic carbocycles. The van der Waals surface area contributed by atoms with Gasteiger partial charge in [0, 0.05) is 32.9 Å². The van der Waals surface area contributed by atoms with Gasteiger partial charge in [0.25, 0.3) is 0 Å². The van der Waals surface area contributed by atoms with Crippen LogP contribution < -0.4 is 5.32 Å². The van der Waals surface area contributed by atoms with Gasteiger partial charge in [-0.2, -0.15) is 9.40 Å². The summed E-state index contributed by atoms with van der Waals surface area (Å²) in [5.74, 6) is -2.43. The van der Waals surface area contributed by atoms with E-state index in [4.69, 9.17) is 0 Å². The zero-order valence-electron chi connectivity index (χ0n) is 12.1. The maximum Gasteiger partial charge on any atom is 0.313 e. The van der Waals surface area contributed by atoms with Gasteiger partial charge in [0.15, 0.2) is 0 Å². The number of nitrogens with one attached hydrogen (secondary N) is 1. The second-order valence-corrected chi connectivity index (χ2v) is 7.69. The lowest BCUT2D eigenvalue weighted by atomic mass is 9.81. The molecule has 120 valence electrons. The quantitative estimate of drug-likeness (QED) is 0.700. The summed E-state index contributed by atoms with van der Waals surface area (Å²) in [5, 5.41) is 16.0. The number of nitrogens with zero attached hydrogens (tertiary/aromatic N) is 3. The highest BCUT2D eigenvalue weighted by atomic mass is 32.2. The molecule has 2 fully saturated rings. The molecule has 2 aliphatic rings. The number of aromatic nitrogens is 2. The van der Waals surface area contributed by atoms with Crippen LogP contribution in [-0.2, 0) is 26.7 Å². The van der Waals surface area contributed by atoms with Gasteiger partial charge in [0.05, 0.1) is 11.6 Å². The Balaban J connectivity index is 2.00. The number of aliphatic carboxylic acids is 1. The lowest BCUT2D eigenvalue weighted by molar-refractivity contribution is -0.149. The van der Waals surface area contributed by atoms with E-state index in [0.29, 0.717) is 5.69 Å². The minimum Gasteiger partial charge on any atom is -0.481 e. The fraction of sp³-hybridized carbons (Fsp3) is 0.583. The predicted molar refractivity (Wildman–Crippen MR) is 73.3 cm³/mol. The van der Waals surface area contributed by atoms with Gasteiger partial charge < -0.3 is 10.4 Å². The molecule has 0 saturated carbocycles. The number of amides is 1. The summed E-state index contributed by atoms with van der Waals surface area (Å²) in [6.07, 6.45) is 1.38. The smallest absolute Gasteiger partial charge is 0.313 e. The van der Waals surface area contributed by atoms with Gasteiger partial charge in [0.1, 0.15) is 10.3 Å². The van der Waals surface area contributed by atoms with Gasteiger partial charge in [-0.15, -0.1) is 0 Å². The Morgan fingerprint density at radius 3 is 2.73 bits per heavy atom. The number of rotatable bonds is 3. The first-order chi connectivity index (χ1) is 10.2. The molecule has 0 spiro atoms. The van der Waals surface area contributed by atoms with Crippen LogP contribution in [0.2, 0.25) is 0 Å². The van der Waals surface area contributed by atoms with Crippen molar-refractivity contribution in [3.8, 4) is 0 Å². The summed E-state index contributed by atoms with van der Waals surface area (Å²) >= 11 is 0. The van der Waals surface area contributed by atoms with Crippen LogP contribution >= 0.6 is 0 Å². The number of carbonyl (C=O) groups is 2. The highest BCUT2D eigenvalue weighted by Crippen LogP contribution is 2.42. The van der Waals surface area contributed by atoms with Crippen molar-refractivity contribution in [2.45, 2.75) is 11.8 Å². The highest BCUT2D eigenvalue weighted by molar-refractivity contribution is 7.89. The number of hydrogen-bond acceptors (Lipinski definition) is 5. The minimum absolute atomic E-state index is 0.0379. The zero-order chi connectivity index (χ0) is 16.3. The van der Waals surface area contributed by atoms with E-state index < -0.39 is 33.2 Å². The van der Waals surface area contributed by atoms with Crippen molar-refractivity contribution in [1.82, 2.24) is 19.4 Å². The molecule has 2 atom stereocenters. The highest BCUT2D eigenvalue weighted by Gasteiger charge is 2.61. The minimum atomic E-state index is -3.88. The Morgan fingerprint density at radius 1 is 1.55 bits per heavy atom. The van der Waals surface area contributed by atoms with Crippen LogP contribution in [0.1, 0.15) is 5.69 Å². The molecule has 2 saturated heterocycles. The molecule has 0 radical (unpaired) electrons. The summed E-state index contributed by atoms with van der Waals surface area (Å²) in [6, 6.07) is 0. The van der Waals surface area contributed by atoms with Crippen LogP contribution in [0.5, 0.6) is 0 Å². The molecule has 22 heavy (non-hydrogen) atoms. The Bertz CT molecular complexity index is 770. The summed E-state index contributed by atoms with van der Waals surface area (Å²) in [6.45, 7) is 1.17. The third-order valence-corrected chi connectivity index (χ3v) is 6.33. The van der Waals surface area contributed by atoms with Crippen molar-refractivity contribution in [2.24, 2.45) is 18.4 Å². The fourth-order valence-electron chi connectivity index (χ4n) is 3.19. The largest absolute Gasteiger partial charge is 0.481 e. The van der Waals surface area contributed by atoms with Gasteiger partial charge in [-0.1, -0.05) is 0 Å². The first-order valence-corrected chi connectivity index (χ1v) is 8.14. The van der Waals surface area contributed by atoms with Gasteiger partial charge in [0.2, 0.25) is 15.9 Å². The fourth-order valence-corrected chi connectivity index (χ4v) is 4.92. The Morgan fingerprint density at radius 2 is 2.23 bits per heavy atom. The third kappa shape index (κ3) is 1.87. The second-order valence-electron chi connectivity index (χ2n) is 5.78. The standard InChI is InChI=1S/C12H16N4O5S/c1-7-9(4-15(2)14-7)22(20,21)16-3-8-10(17)13-5-12(8,6-16)11(18)19/h4,8H,3,5-6H2,1-2H3,(H,13,17)(H,18,19)/t8-,12+/m0/s1. The molecule has 2 aliphatic heterocycles. The van der Waals surface area contributed by atoms with Gasteiger partial charge >= 0.3 is 5.97 Å². The van der Waals surface area contributed by atoms with Gasteiger partial charge in [-0.25, -0.2) is 8.42 Å². The lowest BCUT2D eigenvalue weighted by Crippen LogP contribution is -2.41. The Labute approximate surface area is 126 Å². The number of carbonyl (C=O) groups excluding carboxylic acids is 1. The third-order valence-electron chi connectivity index (χ3n) is 4.42. The summed E-state index contributed by atoms with van der Waals surface area (Å²) in [4.78, 5) is 23.5. The average Bonchev–Trinajstić information content (AvgIpc) is 3.05. The van der Waals surface area contributed by atoms with Crippen molar-refractivity contribution >= 4 is 21.9 Å². The van der Waals surface area contributed by atoms with E-state index in [9.17, 15) is 23.1 Å². The van der Waals surface area contributed by atoms with E-state index in [1.54, 1.807) is 14.0 Å². The number of hydrogen-bond donors (Lipinski definition) is 2. The molecule has 1 aromatic rings. The monoisotopic (exact) mass is 328 g/mol. The SMILES string of the molecule is Cc1nn(C)cc1S(=O)(=O)N1C[C@H]2C(=O)NC[C@@]2(C(=O)O)C1. The summed E-state index contributed by atoms with van der Waals surface area (Å²) < 4.78 is 27.9. The van der Waals surface area contributed by atoms with Gasteiger partial charge in [-0.3, -0.25) is 14.3 Å². The Kier molecular flexibility index (Phi) is 3.08. The van der Waals surface area contributed by atoms with Crippen molar-refractivity contribution in [1.29, 1.82) is 0 Å². The van der Waals surface area contributed by atoms with E-state index in [2.05, 4.69) is 10.4 Å². The first-order valence-electron chi connectivity index (χ1n) is 6.70. The molecule has 1 amide bonds. The summed E-state index contributed by atoms with van der Waals surface area (Å²) in [7, 11) is -2.27. The molecule has 0 unspecified atom stereocenters. The van der Waals surface area contributed by atoms with E-state index >= 15 is 0 Å². The predicted octanol–water partition coefficient (Wildman–Crippen LogP) is -1.45. The van der Waals surface area contributed by atoms with E-state index in [1.807, 2.05) is 0 Å². The van der Waals surface area contributed by atoms with Crippen molar-refractivity contribution in [2.75, 3.05) is 19.6 Å². The normalized spacial score (nSPS) is 28.6. The van der Waals surface area contributed by atoms with Crippen LogP contribution in [0, 0.1) is 18.3 Å². The molecular formula is C12H16N4O5S. The number of fused-ring (bicyclic) bond motifs is 1. The average molecular weight is 328 g/mol. The van der Waals surface area contributed by atoms with E-state index in [-0.39, 0.29) is 24.5 Å². The number of sulfonamides is 1. The molecule has 3 rings (SSSR count). The Hall–Kier alpha value is -1.94. The van der Waals surface area contributed by atoms with Crippen molar-refractivity contribution in [3.63, 3.8) is 0 Å².